The molecule has 0 aliphatic heterocycles. The van der Waals surface area contributed by atoms with Crippen LogP contribution in [0.2, 0.25) is 0 Å². The molecule has 0 saturated heterocycles. The third-order valence-corrected chi connectivity index (χ3v) is 2.74. The first-order chi connectivity index (χ1) is 8.75. The van der Waals surface area contributed by atoms with Gasteiger partial charge >= 0.3 is 7.12 Å². The molecule has 0 radical (unpaired) electrons. The Balaban J connectivity index is 2.20. The van der Waals surface area contributed by atoms with Crippen molar-refractivity contribution in [2.75, 3.05) is 0 Å². The Kier molecular flexibility index (Phi) is 2.62. The predicted molar refractivity (Wildman–Crippen MR) is 69.3 cm³/mol. The van der Waals surface area contributed by atoms with Crippen molar-refractivity contribution in [1.82, 2.24) is 4.98 Å². The van der Waals surface area contributed by atoms with Gasteiger partial charge in [0.25, 0.3) is 0 Å². The molecule has 3 aromatic rings. The SMILES string of the molecule is OB(O)c1cccc2nc(-c3ccccc3)oc12. The van der Waals surface area contributed by atoms with Gasteiger partial charge < -0.3 is 14.5 Å². The van der Waals surface area contributed by atoms with Crippen molar-refractivity contribution in [3.8, 4) is 11.5 Å². The van der Waals surface area contributed by atoms with Crippen molar-refractivity contribution in [2.45, 2.75) is 0 Å². The molecule has 0 bridgehead atoms. The molecule has 88 valence electrons. The number of nitrogens with zero attached hydrogens (tertiary/aromatic N) is 1. The molecule has 2 aromatic carbocycles. The van der Waals surface area contributed by atoms with E-state index in [-0.39, 0.29) is 0 Å². The summed E-state index contributed by atoms with van der Waals surface area (Å²) in [4.78, 5) is 4.34. The second kappa shape index (κ2) is 4.29. The zero-order chi connectivity index (χ0) is 12.5. The highest BCUT2D eigenvalue weighted by molar-refractivity contribution is 6.61. The molecule has 0 saturated carbocycles. The lowest BCUT2D eigenvalue weighted by atomic mass is 9.80. The normalized spacial score (nSPS) is 10.8. The molecule has 0 amide bonds. The number of hydrogen-bond donors (Lipinski definition) is 2. The van der Waals surface area contributed by atoms with Crippen LogP contribution in [-0.2, 0) is 0 Å². The van der Waals surface area contributed by atoms with Crippen molar-refractivity contribution in [3.05, 3.63) is 48.5 Å². The molecule has 0 aliphatic carbocycles. The summed E-state index contributed by atoms with van der Waals surface area (Å²) in [5, 5.41) is 18.5. The van der Waals surface area contributed by atoms with Gasteiger partial charge in [-0.3, -0.25) is 0 Å². The van der Waals surface area contributed by atoms with E-state index in [1.165, 1.54) is 0 Å². The second-order valence-electron chi connectivity index (χ2n) is 3.95. The van der Waals surface area contributed by atoms with Gasteiger partial charge in [0.2, 0.25) is 5.89 Å². The molecular weight excluding hydrogens is 229 g/mol. The summed E-state index contributed by atoms with van der Waals surface area (Å²) >= 11 is 0. The number of benzene rings is 2. The summed E-state index contributed by atoms with van der Waals surface area (Å²) in [6, 6.07) is 14.6. The van der Waals surface area contributed by atoms with Gasteiger partial charge in [0.1, 0.15) is 5.52 Å². The highest BCUT2D eigenvalue weighted by atomic mass is 16.4. The highest BCUT2D eigenvalue weighted by Gasteiger charge is 2.19. The minimum absolute atomic E-state index is 0.321. The number of aromatic nitrogens is 1. The van der Waals surface area contributed by atoms with Crippen molar-refractivity contribution in [3.63, 3.8) is 0 Å². The van der Waals surface area contributed by atoms with Crippen LogP contribution < -0.4 is 5.46 Å². The van der Waals surface area contributed by atoms with E-state index in [0.717, 1.165) is 5.56 Å². The van der Waals surface area contributed by atoms with E-state index in [1.54, 1.807) is 18.2 Å². The van der Waals surface area contributed by atoms with Crippen LogP contribution in [0.4, 0.5) is 0 Å². The molecule has 1 heterocycles. The van der Waals surface area contributed by atoms with Gasteiger partial charge in [0.15, 0.2) is 5.58 Å². The number of hydrogen-bond acceptors (Lipinski definition) is 4. The van der Waals surface area contributed by atoms with Gasteiger partial charge in [0, 0.05) is 11.0 Å². The van der Waals surface area contributed by atoms with Crippen LogP contribution in [0.1, 0.15) is 0 Å². The van der Waals surface area contributed by atoms with Gasteiger partial charge in [-0.15, -0.1) is 0 Å². The summed E-state index contributed by atoms with van der Waals surface area (Å²) in [6.45, 7) is 0. The molecule has 4 nitrogen and oxygen atoms in total. The maximum Gasteiger partial charge on any atom is 0.492 e. The Morgan fingerprint density at radius 1 is 0.944 bits per heavy atom. The quantitative estimate of drug-likeness (QED) is 0.659. The minimum atomic E-state index is -1.56. The van der Waals surface area contributed by atoms with Crippen LogP contribution in [0, 0.1) is 0 Å². The van der Waals surface area contributed by atoms with Gasteiger partial charge in [-0.05, 0) is 18.2 Å². The van der Waals surface area contributed by atoms with Crippen molar-refractivity contribution < 1.29 is 14.5 Å². The van der Waals surface area contributed by atoms with Crippen molar-refractivity contribution >= 4 is 23.7 Å². The molecular formula is C13H10BNO3. The molecule has 2 N–H and O–H groups in total. The number of para-hydroxylation sites is 1. The molecule has 0 atom stereocenters. The minimum Gasteiger partial charge on any atom is -0.436 e. The Bertz CT molecular complexity index is 679. The van der Waals surface area contributed by atoms with E-state index in [9.17, 15) is 10.0 Å². The largest absolute Gasteiger partial charge is 0.492 e. The fourth-order valence-electron chi connectivity index (χ4n) is 1.88. The van der Waals surface area contributed by atoms with Crippen LogP contribution in [0.25, 0.3) is 22.6 Å². The summed E-state index contributed by atoms with van der Waals surface area (Å²) in [7, 11) is -1.56. The fraction of sp³-hybridized carbons (Fsp3) is 0. The van der Waals surface area contributed by atoms with E-state index >= 15 is 0 Å². The van der Waals surface area contributed by atoms with Crippen molar-refractivity contribution in [2.24, 2.45) is 0 Å². The first-order valence-electron chi connectivity index (χ1n) is 5.57. The van der Waals surface area contributed by atoms with E-state index < -0.39 is 7.12 Å². The Labute approximate surface area is 104 Å². The standard InChI is InChI=1S/C13H10BNO3/c16-14(17)10-7-4-8-11-12(10)18-13(15-11)9-5-2-1-3-6-9/h1-8,16-17H. The number of oxazole rings is 1. The number of rotatable bonds is 2. The average Bonchev–Trinajstić information content (AvgIpc) is 2.83. The molecule has 0 aliphatic rings. The summed E-state index contributed by atoms with van der Waals surface area (Å²) in [5.74, 6) is 0.471. The number of fused-ring (bicyclic) bond motifs is 1. The van der Waals surface area contributed by atoms with Crippen molar-refractivity contribution in [1.29, 1.82) is 0 Å². The molecule has 0 unspecified atom stereocenters. The zero-order valence-corrected chi connectivity index (χ0v) is 9.45. The fourth-order valence-corrected chi connectivity index (χ4v) is 1.88. The smallest absolute Gasteiger partial charge is 0.436 e. The Hall–Kier alpha value is -2.11. The lowest BCUT2D eigenvalue weighted by molar-refractivity contribution is 0.425. The van der Waals surface area contributed by atoms with E-state index in [1.807, 2.05) is 30.3 Å². The predicted octanol–water partition coefficient (Wildman–Crippen LogP) is 1.17. The monoisotopic (exact) mass is 239 g/mol. The van der Waals surface area contributed by atoms with Crippen LogP contribution in [0.15, 0.2) is 52.9 Å². The van der Waals surface area contributed by atoms with E-state index in [4.69, 9.17) is 4.42 Å². The van der Waals surface area contributed by atoms with Crippen LogP contribution in [0.3, 0.4) is 0 Å². The maximum absolute atomic E-state index is 9.27. The summed E-state index contributed by atoms with van der Waals surface area (Å²) in [6.07, 6.45) is 0. The van der Waals surface area contributed by atoms with Crippen LogP contribution >= 0.6 is 0 Å². The molecule has 18 heavy (non-hydrogen) atoms. The first kappa shape index (κ1) is 11.0. The van der Waals surface area contributed by atoms with Gasteiger partial charge in [0.05, 0.1) is 0 Å². The summed E-state index contributed by atoms with van der Waals surface area (Å²) < 4.78 is 5.62. The van der Waals surface area contributed by atoms with Gasteiger partial charge in [-0.1, -0.05) is 30.3 Å². The van der Waals surface area contributed by atoms with Crippen LogP contribution in [0.5, 0.6) is 0 Å². The van der Waals surface area contributed by atoms with Crippen LogP contribution in [-0.4, -0.2) is 22.2 Å². The molecule has 0 spiro atoms. The third-order valence-electron chi connectivity index (χ3n) is 2.74. The average molecular weight is 239 g/mol. The Morgan fingerprint density at radius 3 is 2.44 bits per heavy atom. The molecule has 1 aromatic heterocycles. The molecule has 5 heteroatoms. The van der Waals surface area contributed by atoms with Gasteiger partial charge in [-0.2, -0.15) is 0 Å². The maximum atomic E-state index is 9.27. The topological polar surface area (TPSA) is 66.5 Å². The molecule has 3 rings (SSSR count). The zero-order valence-electron chi connectivity index (χ0n) is 9.45. The Morgan fingerprint density at radius 2 is 1.72 bits per heavy atom. The van der Waals surface area contributed by atoms with E-state index in [0.29, 0.717) is 22.5 Å². The van der Waals surface area contributed by atoms with Gasteiger partial charge in [-0.25, -0.2) is 4.98 Å². The molecule has 0 fully saturated rings. The lowest BCUT2D eigenvalue weighted by Gasteiger charge is -1.97. The highest BCUT2D eigenvalue weighted by Crippen LogP contribution is 2.22. The third kappa shape index (κ3) is 1.79. The summed E-state index contributed by atoms with van der Waals surface area (Å²) in [5.41, 5.74) is 2.19. The second-order valence-corrected chi connectivity index (χ2v) is 3.95. The lowest BCUT2D eigenvalue weighted by Crippen LogP contribution is -2.30. The van der Waals surface area contributed by atoms with E-state index in [2.05, 4.69) is 4.98 Å². The first-order valence-corrected chi connectivity index (χ1v) is 5.57.